The van der Waals surface area contributed by atoms with Crippen LogP contribution < -0.4 is 10.1 Å². The Kier molecular flexibility index (Phi) is 5.43. The number of nitro groups is 1. The highest BCUT2D eigenvalue weighted by Gasteiger charge is 2.12. The van der Waals surface area contributed by atoms with Crippen LogP contribution in [0.5, 0.6) is 5.75 Å². The molecule has 4 rings (SSSR count). The number of amides is 1. The fourth-order valence-electron chi connectivity index (χ4n) is 2.99. The van der Waals surface area contributed by atoms with Crippen molar-refractivity contribution < 1.29 is 18.9 Å². The van der Waals surface area contributed by atoms with Crippen molar-refractivity contribution in [2.45, 2.75) is 13.2 Å². The Morgan fingerprint density at radius 3 is 2.50 bits per heavy atom. The van der Waals surface area contributed by atoms with E-state index in [4.69, 9.17) is 9.15 Å². The molecule has 0 aliphatic carbocycles. The van der Waals surface area contributed by atoms with Gasteiger partial charge in [-0.3, -0.25) is 14.9 Å². The number of benzene rings is 3. The van der Waals surface area contributed by atoms with Gasteiger partial charge in [0.1, 0.15) is 18.1 Å². The molecule has 150 valence electrons. The summed E-state index contributed by atoms with van der Waals surface area (Å²) in [5.41, 5.74) is 0.757. The summed E-state index contributed by atoms with van der Waals surface area (Å²) >= 11 is 0. The van der Waals surface area contributed by atoms with Crippen LogP contribution in [0.4, 0.5) is 5.69 Å². The average molecular weight is 402 g/mol. The first-order chi connectivity index (χ1) is 14.6. The summed E-state index contributed by atoms with van der Waals surface area (Å²) in [6.07, 6.45) is 0. The lowest BCUT2D eigenvalue weighted by Crippen LogP contribution is -2.22. The van der Waals surface area contributed by atoms with Crippen LogP contribution in [0, 0.1) is 10.1 Å². The van der Waals surface area contributed by atoms with Gasteiger partial charge in [-0.1, -0.05) is 42.5 Å². The van der Waals surface area contributed by atoms with E-state index in [0.29, 0.717) is 11.5 Å². The van der Waals surface area contributed by atoms with Crippen LogP contribution >= 0.6 is 0 Å². The molecule has 30 heavy (non-hydrogen) atoms. The molecule has 1 N–H and O–H groups in total. The standard InChI is InChI=1S/C23H18N2O5/c26-23(24-14-16-5-8-19(9-6-16)25(27)28)22-12-11-21(30-22)15-29-20-10-7-17-3-1-2-4-18(17)13-20/h1-13H,14-15H2,(H,24,26). The first kappa shape index (κ1) is 19.2. The molecule has 0 saturated heterocycles. The summed E-state index contributed by atoms with van der Waals surface area (Å²) in [5, 5.41) is 15.6. The quantitative estimate of drug-likeness (QED) is 0.352. The number of nitro benzene ring substituents is 1. The lowest BCUT2D eigenvalue weighted by atomic mass is 10.1. The van der Waals surface area contributed by atoms with Gasteiger partial charge in [-0.25, -0.2) is 0 Å². The maximum atomic E-state index is 12.3. The van der Waals surface area contributed by atoms with Crippen LogP contribution in [-0.2, 0) is 13.2 Å². The highest BCUT2D eigenvalue weighted by molar-refractivity contribution is 5.91. The summed E-state index contributed by atoms with van der Waals surface area (Å²) in [7, 11) is 0. The van der Waals surface area contributed by atoms with Crippen LogP contribution in [0.25, 0.3) is 10.8 Å². The van der Waals surface area contributed by atoms with Gasteiger partial charge in [-0.05, 0) is 40.6 Å². The van der Waals surface area contributed by atoms with Gasteiger partial charge in [0.25, 0.3) is 11.6 Å². The Balaban J connectivity index is 1.32. The largest absolute Gasteiger partial charge is 0.486 e. The zero-order valence-electron chi connectivity index (χ0n) is 15.9. The molecule has 1 heterocycles. The number of nitrogens with one attached hydrogen (secondary N) is 1. The fraction of sp³-hybridized carbons (Fsp3) is 0.0870. The van der Waals surface area contributed by atoms with Gasteiger partial charge >= 0.3 is 0 Å². The smallest absolute Gasteiger partial charge is 0.287 e. The van der Waals surface area contributed by atoms with Crippen LogP contribution in [0.15, 0.2) is 83.3 Å². The Labute approximate surface area is 172 Å². The van der Waals surface area contributed by atoms with Crippen LogP contribution in [0.3, 0.4) is 0 Å². The van der Waals surface area contributed by atoms with Crippen LogP contribution in [0.2, 0.25) is 0 Å². The summed E-state index contributed by atoms with van der Waals surface area (Å²) in [6.45, 7) is 0.439. The molecular formula is C23H18N2O5. The number of ether oxygens (including phenoxy) is 1. The van der Waals surface area contributed by atoms with Crippen molar-refractivity contribution in [1.82, 2.24) is 5.32 Å². The van der Waals surface area contributed by atoms with E-state index in [1.807, 2.05) is 42.5 Å². The first-order valence-corrected chi connectivity index (χ1v) is 9.30. The number of rotatable bonds is 7. The number of fused-ring (bicyclic) bond motifs is 1. The van der Waals surface area contributed by atoms with E-state index in [1.54, 1.807) is 24.3 Å². The summed E-state index contributed by atoms with van der Waals surface area (Å²) < 4.78 is 11.3. The van der Waals surface area contributed by atoms with Crippen LogP contribution in [-0.4, -0.2) is 10.8 Å². The molecule has 0 saturated carbocycles. The predicted molar refractivity (Wildman–Crippen MR) is 111 cm³/mol. The van der Waals surface area contributed by atoms with E-state index < -0.39 is 4.92 Å². The molecular weight excluding hydrogens is 384 g/mol. The highest BCUT2D eigenvalue weighted by atomic mass is 16.6. The number of non-ortho nitro benzene ring substituents is 1. The second-order valence-corrected chi connectivity index (χ2v) is 6.67. The molecule has 4 aromatic rings. The predicted octanol–water partition coefficient (Wildman–Crippen LogP) is 4.85. The molecule has 3 aromatic carbocycles. The molecule has 0 atom stereocenters. The van der Waals surface area contributed by atoms with E-state index in [1.165, 1.54) is 12.1 Å². The zero-order chi connectivity index (χ0) is 20.9. The maximum absolute atomic E-state index is 12.3. The van der Waals surface area contributed by atoms with E-state index >= 15 is 0 Å². The minimum Gasteiger partial charge on any atom is -0.486 e. The number of furan rings is 1. The van der Waals surface area contributed by atoms with E-state index in [2.05, 4.69) is 5.32 Å². The second-order valence-electron chi connectivity index (χ2n) is 6.67. The average Bonchev–Trinajstić information content (AvgIpc) is 3.25. The molecule has 0 radical (unpaired) electrons. The second kappa shape index (κ2) is 8.48. The van der Waals surface area contributed by atoms with E-state index in [0.717, 1.165) is 16.3 Å². The number of hydrogen-bond acceptors (Lipinski definition) is 5. The normalized spacial score (nSPS) is 10.7. The van der Waals surface area contributed by atoms with Gasteiger partial charge in [0.15, 0.2) is 5.76 Å². The molecule has 0 fully saturated rings. The Hall–Kier alpha value is -4.13. The lowest BCUT2D eigenvalue weighted by molar-refractivity contribution is -0.384. The van der Waals surface area contributed by atoms with Gasteiger partial charge < -0.3 is 14.5 Å². The number of carbonyl (C=O) groups excluding carboxylic acids is 1. The highest BCUT2D eigenvalue weighted by Crippen LogP contribution is 2.22. The minimum atomic E-state index is -0.466. The summed E-state index contributed by atoms with van der Waals surface area (Å²) in [6, 6.07) is 23.1. The van der Waals surface area contributed by atoms with Crippen molar-refractivity contribution in [3.8, 4) is 5.75 Å². The molecule has 0 bridgehead atoms. The summed E-state index contributed by atoms with van der Waals surface area (Å²) in [4.78, 5) is 22.5. The van der Waals surface area contributed by atoms with Crippen molar-refractivity contribution in [2.24, 2.45) is 0 Å². The van der Waals surface area contributed by atoms with Gasteiger partial charge in [-0.15, -0.1) is 0 Å². The van der Waals surface area contributed by atoms with Crippen molar-refractivity contribution in [2.75, 3.05) is 0 Å². The van der Waals surface area contributed by atoms with Gasteiger partial charge in [0, 0.05) is 18.7 Å². The molecule has 0 aliphatic rings. The zero-order valence-corrected chi connectivity index (χ0v) is 15.9. The van der Waals surface area contributed by atoms with Gasteiger partial charge in [-0.2, -0.15) is 0 Å². The van der Waals surface area contributed by atoms with Gasteiger partial charge in [0.2, 0.25) is 0 Å². The number of hydrogen-bond donors (Lipinski definition) is 1. The molecule has 7 heteroatoms. The maximum Gasteiger partial charge on any atom is 0.287 e. The summed E-state index contributed by atoms with van der Waals surface area (Å²) in [5.74, 6) is 1.05. The van der Waals surface area contributed by atoms with Crippen molar-refractivity contribution >= 4 is 22.4 Å². The molecule has 1 aromatic heterocycles. The van der Waals surface area contributed by atoms with E-state index in [9.17, 15) is 14.9 Å². The van der Waals surface area contributed by atoms with Crippen molar-refractivity contribution in [3.05, 3.63) is 106 Å². The SMILES string of the molecule is O=C(NCc1ccc([N+](=O)[O-])cc1)c1ccc(COc2ccc3ccccc3c2)o1. The van der Waals surface area contributed by atoms with Crippen LogP contribution in [0.1, 0.15) is 21.9 Å². The number of nitrogens with zero attached hydrogens (tertiary/aromatic N) is 1. The fourth-order valence-corrected chi connectivity index (χ4v) is 2.99. The Bertz CT molecular complexity index is 1200. The minimum absolute atomic E-state index is 0.00664. The Morgan fingerprint density at radius 2 is 1.73 bits per heavy atom. The van der Waals surface area contributed by atoms with E-state index in [-0.39, 0.29) is 30.5 Å². The third-order valence-electron chi connectivity index (χ3n) is 4.59. The molecule has 0 aliphatic heterocycles. The molecule has 7 nitrogen and oxygen atoms in total. The third-order valence-corrected chi connectivity index (χ3v) is 4.59. The Morgan fingerprint density at radius 1 is 0.967 bits per heavy atom. The topological polar surface area (TPSA) is 94.6 Å². The monoisotopic (exact) mass is 402 g/mol. The molecule has 0 unspecified atom stereocenters. The molecule has 0 spiro atoms. The van der Waals surface area contributed by atoms with Crippen molar-refractivity contribution in [3.63, 3.8) is 0 Å². The number of carbonyl (C=O) groups is 1. The lowest BCUT2D eigenvalue weighted by Gasteiger charge is -2.06. The third kappa shape index (κ3) is 4.47. The van der Waals surface area contributed by atoms with Crippen molar-refractivity contribution in [1.29, 1.82) is 0 Å². The molecule has 1 amide bonds. The van der Waals surface area contributed by atoms with Gasteiger partial charge in [0.05, 0.1) is 4.92 Å². The first-order valence-electron chi connectivity index (χ1n) is 9.30.